The maximum atomic E-state index is 14.3. The second-order valence-electron chi connectivity index (χ2n) is 13.3. The highest BCUT2D eigenvalue weighted by atomic mass is 35.5. The third-order valence-corrected chi connectivity index (χ3v) is 13.2. The van der Waals surface area contributed by atoms with Gasteiger partial charge in [-0.05, 0) is 92.2 Å². The lowest BCUT2D eigenvalue weighted by molar-refractivity contribution is -0.0298. The van der Waals surface area contributed by atoms with Crippen molar-refractivity contribution in [1.82, 2.24) is 5.01 Å². The normalized spacial score (nSPS) is 12.9. The number of halogens is 1. The molecule has 240 valence electrons. The van der Waals surface area contributed by atoms with Gasteiger partial charge in [-0.3, -0.25) is 5.01 Å². The Hall–Kier alpha value is -2.85. The highest BCUT2D eigenvalue weighted by Crippen LogP contribution is 2.39. The lowest BCUT2D eigenvalue weighted by Crippen LogP contribution is -2.59. The maximum absolute atomic E-state index is 14.3. The standard InChI is InChI=1S/C34H47ClN2O5SSi/c1-11-19-36(27-17-13-15-25(23-27)30-28(18-20-43-30)31(38)40-8)37(32(39)41-33(2,3)4)29(42-44(9,10)34(5,6)7)22-24-14-12-16-26(35)21-24/h12-18,20-21,23,29H,11,19,22H2,1-10H3. The minimum absolute atomic E-state index is 0.113. The molecule has 0 aliphatic rings. The van der Waals surface area contributed by atoms with Crippen molar-refractivity contribution in [2.75, 3.05) is 18.7 Å². The average Bonchev–Trinajstić information content (AvgIpc) is 3.41. The van der Waals surface area contributed by atoms with Gasteiger partial charge in [0.2, 0.25) is 0 Å². The van der Waals surface area contributed by atoms with Crippen molar-refractivity contribution in [2.24, 2.45) is 0 Å². The predicted molar refractivity (Wildman–Crippen MR) is 184 cm³/mol. The van der Waals surface area contributed by atoms with Crippen LogP contribution in [0.1, 0.15) is 70.8 Å². The van der Waals surface area contributed by atoms with Gasteiger partial charge in [0.1, 0.15) is 11.8 Å². The Kier molecular flexibility index (Phi) is 11.7. The summed E-state index contributed by atoms with van der Waals surface area (Å²) in [4.78, 5) is 27.6. The van der Waals surface area contributed by atoms with Gasteiger partial charge >= 0.3 is 12.1 Å². The zero-order chi connectivity index (χ0) is 32.9. The molecule has 0 fully saturated rings. The van der Waals surface area contributed by atoms with Gasteiger partial charge in [0.05, 0.1) is 18.4 Å². The molecule has 0 radical (unpaired) electrons. The maximum Gasteiger partial charge on any atom is 0.431 e. The van der Waals surface area contributed by atoms with E-state index >= 15 is 0 Å². The summed E-state index contributed by atoms with van der Waals surface area (Å²) in [5.41, 5.74) is 2.33. The summed E-state index contributed by atoms with van der Waals surface area (Å²) in [7, 11) is -1.03. The molecule has 0 bridgehead atoms. The highest BCUT2D eigenvalue weighted by molar-refractivity contribution is 7.14. The van der Waals surface area contributed by atoms with Crippen molar-refractivity contribution >= 4 is 49.0 Å². The number of hydrogen-bond acceptors (Lipinski definition) is 7. The lowest BCUT2D eigenvalue weighted by atomic mass is 10.1. The third kappa shape index (κ3) is 9.09. The Morgan fingerprint density at radius 2 is 1.68 bits per heavy atom. The van der Waals surface area contributed by atoms with Crippen LogP contribution in [0.2, 0.25) is 23.2 Å². The van der Waals surface area contributed by atoms with Crippen LogP contribution < -0.4 is 5.01 Å². The average molecular weight is 659 g/mol. The fourth-order valence-corrected chi connectivity index (χ4v) is 6.74. The number of amides is 1. The molecule has 1 amide bonds. The van der Waals surface area contributed by atoms with E-state index in [9.17, 15) is 9.59 Å². The van der Waals surface area contributed by atoms with E-state index in [1.165, 1.54) is 18.4 Å². The summed E-state index contributed by atoms with van der Waals surface area (Å²) < 4.78 is 18.2. The number of esters is 1. The van der Waals surface area contributed by atoms with Crippen molar-refractivity contribution in [1.29, 1.82) is 0 Å². The summed E-state index contributed by atoms with van der Waals surface area (Å²) in [5, 5.41) is 5.97. The minimum atomic E-state index is -2.41. The van der Waals surface area contributed by atoms with Crippen LogP contribution in [0.25, 0.3) is 10.4 Å². The predicted octanol–water partition coefficient (Wildman–Crippen LogP) is 9.81. The van der Waals surface area contributed by atoms with Crippen molar-refractivity contribution in [3.05, 3.63) is 76.1 Å². The minimum Gasteiger partial charge on any atom is -0.465 e. The summed E-state index contributed by atoms with van der Waals surface area (Å²) in [6, 6.07) is 17.3. The topological polar surface area (TPSA) is 68.3 Å². The summed E-state index contributed by atoms with van der Waals surface area (Å²) in [5.74, 6) is -0.392. The number of hydrogen-bond donors (Lipinski definition) is 0. The smallest absolute Gasteiger partial charge is 0.431 e. The second-order valence-corrected chi connectivity index (χ2v) is 19.4. The van der Waals surface area contributed by atoms with Gasteiger partial charge in [0, 0.05) is 22.9 Å². The monoisotopic (exact) mass is 658 g/mol. The number of carbonyl (C=O) groups is 2. The number of nitrogens with zero attached hydrogens (tertiary/aromatic N) is 2. The van der Waals surface area contributed by atoms with Crippen molar-refractivity contribution in [2.45, 2.75) is 91.3 Å². The Balaban J connectivity index is 2.22. The Labute approximate surface area is 273 Å². The van der Waals surface area contributed by atoms with Crippen molar-refractivity contribution in [3.63, 3.8) is 0 Å². The van der Waals surface area contributed by atoms with Crippen LogP contribution in [0.15, 0.2) is 60.0 Å². The van der Waals surface area contributed by atoms with Gasteiger partial charge < -0.3 is 13.9 Å². The molecule has 10 heteroatoms. The van der Waals surface area contributed by atoms with Gasteiger partial charge in [-0.2, -0.15) is 5.01 Å². The van der Waals surface area contributed by atoms with Gasteiger partial charge in [-0.15, -0.1) is 11.3 Å². The zero-order valence-electron chi connectivity index (χ0n) is 27.7. The molecular formula is C34H47ClN2O5SSi. The number of hydrazine groups is 1. The first-order valence-electron chi connectivity index (χ1n) is 15.0. The lowest BCUT2D eigenvalue weighted by Gasteiger charge is -2.46. The molecule has 0 aliphatic heterocycles. The summed E-state index contributed by atoms with van der Waals surface area (Å²) in [6.45, 7) is 19.1. The summed E-state index contributed by atoms with van der Waals surface area (Å²) in [6.07, 6.45) is -0.0379. The number of anilines is 1. The number of methoxy groups -OCH3 is 1. The molecule has 1 unspecified atom stereocenters. The molecule has 0 saturated heterocycles. The fourth-order valence-electron chi connectivity index (χ4n) is 4.43. The highest BCUT2D eigenvalue weighted by Gasteiger charge is 2.43. The molecule has 0 saturated carbocycles. The van der Waals surface area contributed by atoms with Crippen LogP contribution in [-0.2, 0) is 20.3 Å². The molecule has 7 nitrogen and oxygen atoms in total. The third-order valence-electron chi connectivity index (χ3n) is 7.56. The van der Waals surface area contributed by atoms with Crippen molar-refractivity contribution < 1.29 is 23.5 Å². The van der Waals surface area contributed by atoms with Crippen LogP contribution in [-0.4, -0.2) is 50.9 Å². The molecule has 3 aromatic rings. The molecule has 0 spiro atoms. The zero-order valence-corrected chi connectivity index (χ0v) is 30.3. The number of thiophene rings is 1. The quantitative estimate of drug-likeness (QED) is 0.0884. The molecule has 2 aromatic carbocycles. The molecule has 1 aromatic heterocycles. The first kappa shape index (κ1) is 35.6. The van der Waals surface area contributed by atoms with Crippen LogP contribution in [0.3, 0.4) is 0 Å². The first-order valence-corrected chi connectivity index (χ1v) is 19.1. The van der Waals surface area contributed by atoms with E-state index in [0.717, 1.165) is 28.1 Å². The Morgan fingerprint density at radius 3 is 2.27 bits per heavy atom. The van der Waals surface area contributed by atoms with Gasteiger partial charge in [0.15, 0.2) is 8.32 Å². The number of ether oxygens (including phenoxy) is 2. The Bertz CT molecular complexity index is 1430. The molecule has 0 N–H and O–H groups in total. The molecule has 44 heavy (non-hydrogen) atoms. The van der Waals surface area contributed by atoms with Gasteiger partial charge in [-0.1, -0.05) is 63.6 Å². The van der Waals surface area contributed by atoms with E-state index in [1.807, 2.05) is 79.7 Å². The van der Waals surface area contributed by atoms with Crippen LogP contribution in [0.4, 0.5) is 10.5 Å². The SMILES string of the molecule is CCCN(c1cccc(-c2sccc2C(=O)OC)c1)N(C(=O)OC(C)(C)C)C(Cc1cccc(Cl)c1)O[Si](C)(C)C(C)(C)C. The number of rotatable bonds is 11. The van der Waals surface area contributed by atoms with Crippen molar-refractivity contribution in [3.8, 4) is 10.4 Å². The van der Waals surface area contributed by atoms with Gasteiger partial charge in [-0.25, -0.2) is 9.59 Å². The summed E-state index contributed by atoms with van der Waals surface area (Å²) >= 11 is 7.87. The van der Waals surface area contributed by atoms with Crippen LogP contribution in [0.5, 0.6) is 0 Å². The van der Waals surface area contributed by atoms with E-state index in [-0.39, 0.29) is 5.04 Å². The number of carbonyl (C=O) groups excluding carboxylic acids is 2. The molecule has 3 rings (SSSR count). The van der Waals surface area contributed by atoms with E-state index in [2.05, 4.69) is 40.8 Å². The second kappa shape index (κ2) is 14.5. The fraction of sp³-hybridized carbons (Fsp3) is 0.471. The molecule has 1 heterocycles. The van der Waals surface area contributed by atoms with E-state index in [4.69, 9.17) is 25.5 Å². The first-order chi connectivity index (χ1) is 20.5. The number of benzene rings is 2. The molecule has 1 atom stereocenters. The molecule has 0 aliphatic carbocycles. The van der Waals surface area contributed by atoms with E-state index in [1.54, 1.807) is 11.1 Å². The molecular weight excluding hydrogens is 612 g/mol. The Morgan fingerprint density at radius 1 is 1.00 bits per heavy atom. The van der Waals surface area contributed by atoms with E-state index in [0.29, 0.717) is 23.6 Å². The van der Waals surface area contributed by atoms with Crippen LogP contribution in [0, 0.1) is 0 Å². The largest absolute Gasteiger partial charge is 0.465 e. The van der Waals surface area contributed by atoms with E-state index < -0.39 is 32.2 Å². The van der Waals surface area contributed by atoms with Crippen LogP contribution >= 0.6 is 22.9 Å². The van der Waals surface area contributed by atoms with Gasteiger partial charge in [0.25, 0.3) is 0 Å².